The highest BCUT2D eigenvalue weighted by Crippen LogP contribution is 2.37. The summed E-state index contributed by atoms with van der Waals surface area (Å²) in [6.45, 7) is 7.42. The minimum atomic E-state index is -0.153. The van der Waals surface area contributed by atoms with Crippen molar-refractivity contribution in [1.29, 1.82) is 0 Å². The molecule has 2 saturated heterocycles. The number of likely N-dealkylation sites (tertiary alicyclic amines) is 1. The molecule has 2 fully saturated rings. The van der Waals surface area contributed by atoms with Crippen LogP contribution in [0.15, 0.2) is 0 Å². The van der Waals surface area contributed by atoms with Gasteiger partial charge in [-0.1, -0.05) is 0 Å². The molecular formula is C14H26N2O2S. The molecule has 0 spiro atoms. The van der Waals surface area contributed by atoms with Crippen LogP contribution in [-0.4, -0.2) is 53.8 Å². The molecule has 110 valence electrons. The lowest BCUT2D eigenvalue weighted by atomic mass is 10.0. The molecule has 0 bridgehead atoms. The van der Waals surface area contributed by atoms with Crippen LogP contribution < -0.4 is 5.32 Å². The molecule has 2 rings (SSSR count). The van der Waals surface area contributed by atoms with Gasteiger partial charge in [0.2, 0.25) is 0 Å². The summed E-state index contributed by atoms with van der Waals surface area (Å²) < 4.78 is 5.47. The van der Waals surface area contributed by atoms with Gasteiger partial charge in [-0.2, -0.15) is 11.8 Å². The van der Waals surface area contributed by atoms with E-state index in [1.165, 1.54) is 18.6 Å². The van der Waals surface area contributed by atoms with Crippen LogP contribution in [0.1, 0.15) is 39.5 Å². The fraction of sp³-hybridized carbons (Fsp3) is 0.929. The Morgan fingerprint density at radius 2 is 2.21 bits per heavy atom. The molecule has 19 heavy (non-hydrogen) atoms. The van der Waals surface area contributed by atoms with E-state index in [2.05, 4.69) is 24.0 Å². The fourth-order valence-electron chi connectivity index (χ4n) is 2.82. The SMILES string of the molecule is CCOC(=O)N1CCC(NCC2(C)CCCS2)CC1. The van der Waals surface area contributed by atoms with E-state index in [9.17, 15) is 4.79 Å². The number of carbonyl (C=O) groups is 1. The minimum absolute atomic E-state index is 0.153. The molecule has 1 unspecified atom stereocenters. The second-order valence-electron chi connectivity index (χ2n) is 5.74. The first kappa shape index (κ1) is 15.0. The van der Waals surface area contributed by atoms with Crippen LogP contribution in [0.2, 0.25) is 0 Å². The van der Waals surface area contributed by atoms with E-state index >= 15 is 0 Å². The van der Waals surface area contributed by atoms with Crippen molar-refractivity contribution in [3.05, 3.63) is 0 Å². The molecule has 0 saturated carbocycles. The van der Waals surface area contributed by atoms with Gasteiger partial charge in [-0.3, -0.25) is 0 Å². The molecule has 0 aromatic heterocycles. The van der Waals surface area contributed by atoms with E-state index in [1.54, 1.807) is 0 Å². The van der Waals surface area contributed by atoms with Gasteiger partial charge in [0.15, 0.2) is 0 Å². The number of ether oxygens (including phenoxy) is 1. The van der Waals surface area contributed by atoms with Crippen LogP contribution in [0.5, 0.6) is 0 Å². The summed E-state index contributed by atoms with van der Waals surface area (Å²) in [5.74, 6) is 1.31. The average molecular weight is 286 g/mol. The van der Waals surface area contributed by atoms with Crippen LogP contribution in [0, 0.1) is 0 Å². The zero-order valence-electron chi connectivity index (χ0n) is 12.1. The number of nitrogens with zero attached hydrogens (tertiary/aromatic N) is 1. The maximum atomic E-state index is 11.6. The molecule has 4 nitrogen and oxygen atoms in total. The third-order valence-electron chi connectivity index (χ3n) is 4.09. The maximum Gasteiger partial charge on any atom is 0.409 e. The number of thioether (sulfide) groups is 1. The maximum absolute atomic E-state index is 11.6. The lowest BCUT2D eigenvalue weighted by molar-refractivity contribution is 0.0949. The van der Waals surface area contributed by atoms with Crippen molar-refractivity contribution < 1.29 is 9.53 Å². The molecule has 0 aliphatic carbocycles. The molecular weight excluding hydrogens is 260 g/mol. The first-order valence-electron chi connectivity index (χ1n) is 7.42. The second kappa shape index (κ2) is 6.84. The Morgan fingerprint density at radius 3 is 2.79 bits per heavy atom. The number of carbonyl (C=O) groups excluding carboxylic acids is 1. The van der Waals surface area contributed by atoms with Gasteiger partial charge in [-0.15, -0.1) is 0 Å². The standard InChI is InChI=1S/C14H26N2O2S/c1-3-18-13(17)16-8-5-12(6-9-16)15-11-14(2)7-4-10-19-14/h12,15H,3-11H2,1-2H3. The third-order valence-corrected chi connectivity index (χ3v) is 5.62. The zero-order valence-corrected chi connectivity index (χ0v) is 12.9. The van der Waals surface area contributed by atoms with Crippen molar-refractivity contribution >= 4 is 17.9 Å². The van der Waals surface area contributed by atoms with Crippen LogP contribution in [0.3, 0.4) is 0 Å². The second-order valence-corrected chi connectivity index (χ2v) is 7.43. The van der Waals surface area contributed by atoms with E-state index in [-0.39, 0.29) is 6.09 Å². The van der Waals surface area contributed by atoms with E-state index in [0.717, 1.165) is 32.5 Å². The highest BCUT2D eigenvalue weighted by Gasteiger charge is 2.31. The quantitative estimate of drug-likeness (QED) is 0.862. The Bertz CT molecular complexity index is 298. The largest absolute Gasteiger partial charge is 0.450 e. The molecule has 2 aliphatic heterocycles. The van der Waals surface area contributed by atoms with E-state index in [1.807, 2.05) is 11.8 Å². The average Bonchev–Trinajstić information content (AvgIpc) is 2.85. The lowest BCUT2D eigenvalue weighted by Gasteiger charge is -2.34. The monoisotopic (exact) mass is 286 g/mol. The van der Waals surface area contributed by atoms with Gasteiger partial charge in [0.05, 0.1) is 6.61 Å². The van der Waals surface area contributed by atoms with Gasteiger partial charge < -0.3 is 15.0 Å². The van der Waals surface area contributed by atoms with Gasteiger partial charge in [-0.25, -0.2) is 4.79 Å². The predicted octanol–water partition coefficient (Wildman–Crippen LogP) is 2.48. The summed E-state index contributed by atoms with van der Waals surface area (Å²) in [6.07, 6.45) is 4.61. The van der Waals surface area contributed by atoms with Crippen molar-refractivity contribution in [2.45, 2.75) is 50.3 Å². The van der Waals surface area contributed by atoms with Crippen molar-refractivity contribution in [2.75, 3.05) is 32.0 Å². The molecule has 0 aromatic rings. The summed E-state index contributed by atoms with van der Waals surface area (Å²) in [5, 5.41) is 3.70. The molecule has 1 atom stereocenters. The highest BCUT2D eigenvalue weighted by molar-refractivity contribution is 8.00. The zero-order chi connectivity index (χ0) is 13.7. The predicted molar refractivity (Wildman–Crippen MR) is 79.7 cm³/mol. The number of hydrogen-bond acceptors (Lipinski definition) is 4. The normalized spacial score (nSPS) is 28.6. The number of hydrogen-bond donors (Lipinski definition) is 1. The molecule has 0 radical (unpaired) electrons. The van der Waals surface area contributed by atoms with Gasteiger partial charge in [-0.05, 0) is 45.3 Å². The first-order valence-corrected chi connectivity index (χ1v) is 8.40. The molecule has 5 heteroatoms. The molecule has 1 N–H and O–H groups in total. The Balaban J connectivity index is 1.67. The van der Waals surface area contributed by atoms with Crippen LogP contribution in [0.25, 0.3) is 0 Å². The van der Waals surface area contributed by atoms with Crippen LogP contribution in [0.4, 0.5) is 4.79 Å². The van der Waals surface area contributed by atoms with E-state index < -0.39 is 0 Å². The Hall–Kier alpha value is -0.420. The van der Waals surface area contributed by atoms with Crippen LogP contribution >= 0.6 is 11.8 Å². The van der Waals surface area contributed by atoms with Crippen LogP contribution in [-0.2, 0) is 4.74 Å². The molecule has 2 aliphatic rings. The Morgan fingerprint density at radius 1 is 1.47 bits per heavy atom. The summed E-state index contributed by atoms with van der Waals surface area (Å²) in [7, 11) is 0. The van der Waals surface area contributed by atoms with Gasteiger partial charge in [0.1, 0.15) is 0 Å². The molecule has 1 amide bonds. The number of nitrogens with one attached hydrogen (secondary N) is 1. The summed E-state index contributed by atoms with van der Waals surface area (Å²) in [5.41, 5.74) is 0. The molecule has 0 aromatic carbocycles. The van der Waals surface area contributed by atoms with Gasteiger partial charge in [0.25, 0.3) is 0 Å². The van der Waals surface area contributed by atoms with Crippen molar-refractivity contribution in [1.82, 2.24) is 10.2 Å². The first-order chi connectivity index (χ1) is 9.13. The lowest BCUT2D eigenvalue weighted by Crippen LogP contribution is -2.47. The van der Waals surface area contributed by atoms with E-state index in [4.69, 9.17) is 4.74 Å². The highest BCUT2D eigenvalue weighted by atomic mass is 32.2. The third kappa shape index (κ3) is 4.28. The van der Waals surface area contributed by atoms with Crippen molar-refractivity contribution in [3.8, 4) is 0 Å². The molecule has 2 heterocycles. The Kier molecular flexibility index (Phi) is 5.39. The number of amides is 1. The van der Waals surface area contributed by atoms with Crippen molar-refractivity contribution in [2.24, 2.45) is 0 Å². The smallest absolute Gasteiger partial charge is 0.409 e. The summed E-state index contributed by atoms with van der Waals surface area (Å²) in [4.78, 5) is 13.4. The minimum Gasteiger partial charge on any atom is -0.450 e. The summed E-state index contributed by atoms with van der Waals surface area (Å²) >= 11 is 2.10. The number of piperidine rings is 1. The fourth-order valence-corrected chi connectivity index (χ4v) is 4.07. The van der Waals surface area contributed by atoms with Crippen molar-refractivity contribution in [3.63, 3.8) is 0 Å². The van der Waals surface area contributed by atoms with Gasteiger partial charge in [0, 0.05) is 30.4 Å². The summed E-state index contributed by atoms with van der Waals surface area (Å²) in [6, 6.07) is 0.559. The van der Waals surface area contributed by atoms with E-state index in [0.29, 0.717) is 17.4 Å². The van der Waals surface area contributed by atoms with Gasteiger partial charge >= 0.3 is 6.09 Å². The Labute approximate surface area is 120 Å². The number of rotatable bonds is 4. The topological polar surface area (TPSA) is 41.6 Å².